The molecule has 9 heteroatoms. The van der Waals surface area contributed by atoms with Gasteiger partial charge in [0, 0.05) is 31.0 Å². The number of carbonyl (C=O) groups is 1. The molecule has 29 heavy (non-hydrogen) atoms. The minimum Gasteiger partial charge on any atom is -0.493 e. The van der Waals surface area contributed by atoms with Crippen molar-refractivity contribution in [3.8, 4) is 11.5 Å². The van der Waals surface area contributed by atoms with Crippen LogP contribution in [0.15, 0.2) is 36.5 Å². The fourth-order valence-corrected chi connectivity index (χ4v) is 3.76. The molecule has 1 atom stereocenters. The molecule has 0 spiro atoms. The quantitative estimate of drug-likeness (QED) is 0.688. The van der Waals surface area contributed by atoms with Gasteiger partial charge in [0.05, 0.1) is 25.2 Å². The Balaban J connectivity index is 1.49. The highest BCUT2D eigenvalue weighted by atomic mass is 35.5. The number of halogens is 1. The number of benzene rings is 1. The molecule has 0 bridgehead atoms. The Labute approximate surface area is 173 Å². The number of hydrogen-bond donors (Lipinski definition) is 1. The van der Waals surface area contributed by atoms with Crippen LogP contribution in [0.4, 0.5) is 11.6 Å². The van der Waals surface area contributed by atoms with Crippen LogP contribution in [0.3, 0.4) is 0 Å². The third-order valence-corrected chi connectivity index (χ3v) is 5.30. The number of hydrogen-bond acceptors (Lipinski definition) is 6. The number of amides is 1. The molecule has 1 unspecified atom stereocenters. The number of ether oxygens (including phenoxy) is 2. The van der Waals surface area contributed by atoms with Gasteiger partial charge in [0.1, 0.15) is 0 Å². The number of rotatable bonds is 5. The summed E-state index contributed by atoms with van der Waals surface area (Å²) in [7, 11) is 3.14. The Morgan fingerprint density at radius 1 is 1.17 bits per heavy atom. The summed E-state index contributed by atoms with van der Waals surface area (Å²) in [6, 6.07) is 8.93. The molecule has 1 aliphatic heterocycles. The second-order valence-corrected chi connectivity index (χ2v) is 7.36. The van der Waals surface area contributed by atoms with E-state index in [0.717, 1.165) is 25.0 Å². The van der Waals surface area contributed by atoms with Gasteiger partial charge in [0.2, 0.25) is 11.9 Å². The molecular weight excluding hydrogens is 394 g/mol. The number of methoxy groups -OCH3 is 2. The van der Waals surface area contributed by atoms with Crippen molar-refractivity contribution in [2.75, 3.05) is 37.5 Å². The van der Waals surface area contributed by atoms with Crippen LogP contribution in [0.25, 0.3) is 5.65 Å². The lowest BCUT2D eigenvalue weighted by molar-refractivity contribution is -0.120. The Bertz CT molecular complexity index is 1040. The first-order valence-electron chi connectivity index (χ1n) is 9.37. The molecule has 1 N–H and O–H groups in total. The molecule has 1 aromatic carbocycles. The van der Waals surface area contributed by atoms with Gasteiger partial charge in [-0.05, 0) is 37.1 Å². The van der Waals surface area contributed by atoms with E-state index in [1.54, 1.807) is 44.7 Å². The van der Waals surface area contributed by atoms with E-state index in [9.17, 15) is 4.79 Å². The standard InChI is InChI=1S/C20H22ClN5O3/c1-28-16-7-6-15(10-17(16)29-2)22-19(27)13-4-3-9-25(11-13)20-24-23-18-8-5-14(21)12-26(18)20/h5-8,10,12-13H,3-4,9,11H2,1-2H3,(H,22,27). The number of nitrogens with zero attached hydrogens (tertiary/aromatic N) is 4. The monoisotopic (exact) mass is 415 g/mol. The second-order valence-electron chi connectivity index (χ2n) is 6.92. The van der Waals surface area contributed by atoms with E-state index in [1.807, 2.05) is 10.5 Å². The van der Waals surface area contributed by atoms with Gasteiger partial charge in [0.25, 0.3) is 0 Å². The van der Waals surface area contributed by atoms with Crippen LogP contribution < -0.4 is 19.7 Å². The molecular formula is C20H22ClN5O3. The zero-order valence-corrected chi connectivity index (χ0v) is 17.0. The van der Waals surface area contributed by atoms with Crippen molar-refractivity contribution in [2.24, 2.45) is 5.92 Å². The Morgan fingerprint density at radius 3 is 2.79 bits per heavy atom. The normalized spacial score (nSPS) is 16.7. The smallest absolute Gasteiger partial charge is 0.231 e. The zero-order chi connectivity index (χ0) is 20.4. The van der Waals surface area contributed by atoms with Gasteiger partial charge in [-0.2, -0.15) is 0 Å². The van der Waals surface area contributed by atoms with Gasteiger partial charge in [-0.25, -0.2) is 0 Å². The van der Waals surface area contributed by atoms with Crippen LogP contribution in [0.1, 0.15) is 12.8 Å². The molecule has 0 saturated carbocycles. The Kier molecular flexibility index (Phi) is 5.44. The summed E-state index contributed by atoms with van der Waals surface area (Å²) in [5.41, 5.74) is 1.39. The van der Waals surface area contributed by atoms with Crippen LogP contribution in [0, 0.1) is 5.92 Å². The summed E-state index contributed by atoms with van der Waals surface area (Å²) in [6.07, 6.45) is 3.49. The van der Waals surface area contributed by atoms with Gasteiger partial charge >= 0.3 is 0 Å². The predicted molar refractivity (Wildman–Crippen MR) is 111 cm³/mol. The van der Waals surface area contributed by atoms with Gasteiger partial charge in [-0.3, -0.25) is 9.20 Å². The fraction of sp³-hybridized carbons (Fsp3) is 0.350. The lowest BCUT2D eigenvalue weighted by Crippen LogP contribution is -2.41. The fourth-order valence-electron chi connectivity index (χ4n) is 3.60. The minimum atomic E-state index is -0.164. The first-order chi connectivity index (χ1) is 14.1. The lowest BCUT2D eigenvalue weighted by atomic mass is 9.97. The summed E-state index contributed by atoms with van der Waals surface area (Å²) >= 11 is 6.12. The molecule has 4 rings (SSSR count). The van der Waals surface area contributed by atoms with E-state index in [2.05, 4.69) is 20.4 Å². The maximum Gasteiger partial charge on any atom is 0.231 e. The van der Waals surface area contributed by atoms with Crippen molar-refractivity contribution in [1.29, 1.82) is 0 Å². The predicted octanol–water partition coefficient (Wildman–Crippen LogP) is 3.26. The summed E-state index contributed by atoms with van der Waals surface area (Å²) in [5.74, 6) is 1.69. The molecule has 3 aromatic rings. The van der Waals surface area contributed by atoms with E-state index < -0.39 is 0 Å². The van der Waals surface area contributed by atoms with Crippen LogP contribution in [0.5, 0.6) is 11.5 Å². The van der Waals surface area contributed by atoms with Crippen molar-refractivity contribution < 1.29 is 14.3 Å². The van der Waals surface area contributed by atoms with E-state index >= 15 is 0 Å². The van der Waals surface area contributed by atoms with Crippen molar-refractivity contribution in [3.05, 3.63) is 41.6 Å². The van der Waals surface area contributed by atoms with E-state index in [1.165, 1.54) is 0 Å². The summed E-state index contributed by atoms with van der Waals surface area (Å²) in [6.45, 7) is 1.37. The van der Waals surface area contributed by atoms with Crippen molar-refractivity contribution in [3.63, 3.8) is 0 Å². The molecule has 3 heterocycles. The molecule has 0 radical (unpaired) electrons. The second kappa shape index (κ2) is 8.16. The number of aromatic nitrogens is 3. The highest BCUT2D eigenvalue weighted by molar-refractivity contribution is 6.30. The Hall–Kier alpha value is -3.00. The van der Waals surface area contributed by atoms with Crippen LogP contribution in [-0.2, 0) is 4.79 Å². The first-order valence-corrected chi connectivity index (χ1v) is 9.75. The molecule has 1 aliphatic rings. The summed E-state index contributed by atoms with van der Waals surface area (Å²) in [5, 5.41) is 12.1. The molecule has 1 saturated heterocycles. The van der Waals surface area contributed by atoms with Gasteiger partial charge in [-0.1, -0.05) is 11.6 Å². The van der Waals surface area contributed by atoms with Crippen molar-refractivity contribution in [1.82, 2.24) is 14.6 Å². The topological polar surface area (TPSA) is 81.0 Å². The molecule has 8 nitrogen and oxygen atoms in total. The molecule has 1 fully saturated rings. The van der Waals surface area contributed by atoms with Crippen LogP contribution in [-0.4, -0.2) is 47.8 Å². The van der Waals surface area contributed by atoms with Crippen LogP contribution in [0.2, 0.25) is 5.02 Å². The van der Waals surface area contributed by atoms with Gasteiger partial charge < -0.3 is 19.7 Å². The number of nitrogens with one attached hydrogen (secondary N) is 1. The SMILES string of the molecule is COc1ccc(NC(=O)C2CCCN(c3nnc4ccc(Cl)cn34)C2)cc1OC. The number of anilines is 2. The first kappa shape index (κ1) is 19.3. The van der Waals surface area contributed by atoms with Gasteiger partial charge in [-0.15, -0.1) is 10.2 Å². The van der Waals surface area contributed by atoms with Crippen molar-refractivity contribution >= 4 is 34.8 Å². The summed E-state index contributed by atoms with van der Waals surface area (Å²) in [4.78, 5) is 15.0. The summed E-state index contributed by atoms with van der Waals surface area (Å²) < 4.78 is 12.4. The number of fused-ring (bicyclic) bond motifs is 1. The lowest BCUT2D eigenvalue weighted by Gasteiger charge is -2.32. The minimum absolute atomic E-state index is 0.0335. The average Bonchev–Trinajstić information content (AvgIpc) is 3.16. The highest BCUT2D eigenvalue weighted by Crippen LogP contribution is 2.30. The van der Waals surface area contributed by atoms with E-state index in [-0.39, 0.29) is 11.8 Å². The van der Waals surface area contributed by atoms with E-state index in [4.69, 9.17) is 21.1 Å². The molecule has 2 aromatic heterocycles. The molecule has 0 aliphatic carbocycles. The molecule has 1 amide bonds. The largest absolute Gasteiger partial charge is 0.493 e. The number of pyridine rings is 1. The van der Waals surface area contributed by atoms with E-state index in [0.29, 0.717) is 34.7 Å². The van der Waals surface area contributed by atoms with Gasteiger partial charge in [0.15, 0.2) is 17.1 Å². The maximum absolute atomic E-state index is 12.9. The zero-order valence-electron chi connectivity index (χ0n) is 16.3. The highest BCUT2D eigenvalue weighted by Gasteiger charge is 2.28. The Morgan fingerprint density at radius 2 is 2.00 bits per heavy atom. The molecule has 152 valence electrons. The third kappa shape index (κ3) is 3.93. The third-order valence-electron chi connectivity index (χ3n) is 5.07. The number of piperidine rings is 1. The average molecular weight is 416 g/mol. The number of carbonyl (C=O) groups excluding carboxylic acids is 1. The van der Waals surface area contributed by atoms with Crippen LogP contribution >= 0.6 is 11.6 Å². The maximum atomic E-state index is 12.9. The van der Waals surface area contributed by atoms with Crippen molar-refractivity contribution in [2.45, 2.75) is 12.8 Å².